The van der Waals surface area contributed by atoms with Gasteiger partial charge >= 0.3 is 5.97 Å². The number of carbonyl (C=O) groups is 4. The van der Waals surface area contributed by atoms with Crippen molar-refractivity contribution in [1.82, 2.24) is 9.80 Å². The van der Waals surface area contributed by atoms with Gasteiger partial charge in [-0.1, -0.05) is 38.8 Å². The fourth-order valence-electron chi connectivity index (χ4n) is 3.88. The molecule has 0 spiro atoms. The van der Waals surface area contributed by atoms with Gasteiger partial charge in [0.25, 0.3) is 17.7 Å². The zero-order valence-corrected chi connectivity index (χ0v) is 17.1. The van der Waals surface area contributed by atoms with Crippen molar-refractivity contribution >= 4 is 23.7 Å². The molecule has 2 heterocycles. The Morgan fingerprint density at radius 2 is 1.52 bits per heavy atom. The van der Waals surface area contributed by atoms with E-state index in [0.29, 0.717) is 24.2 Å². The summed E-state index contributed by atoms with van der Waals surface area (Å²) in [5.41, 5.74) is 0.583. The third kappa shape index (κ3) is 4.66. The number of rotatable bonds is 6. The second-order valence-corrected chi connectivity index (χ2v) is 8.07. The van der Waals surface area contributed by atoms with Crippen molar-refractivity contribution in [3.05, 3.63) is 35.4 Å². The highest BCUT2D eigenvalue weighted by Crippen LogP contribution is 2.27. The molecule has 1 aromatic carbocycles. The molecule has 2 aliphatic rings. The molecule has 0 radical (unpaired) electrons. The first-order chi connectivity index (χ1) is 13.9. The van der Waals surface area contributed by atoms with E-state index in [1.54, 1.807) is 29.2 Å². The van der Waals surface area contributed by atoms with Crippen molar-refractivity contribution in [2.75, 3.05) is 19.7 Å². The molecule has 3 rings (SSSR count). The van der Waals surface area contributed by atoms with E-state index in [1.165, 1.54) is 0 Å². The van der Waals surface area contributed by atoms with Gasteiger partial charge in [-0.3, -0.25) is 19.3 Å². The lowest BCUT2D eigenvalue weighted by molar-refractivity contribution is -0.155. The maximum Gasteiger partial charge on any atom is 0.329 e. The van der Waals surface area contributed by atoms with E-state index < -0.39 is 23.8 Å². The Morgan fingerprint density at radius 1 is 0.966 bits per heavy atom. The predicted molar refractivity (Wildman–Crippen MR) is 106 cm³/mol. The summed E-state index contributed by atoms with van der Waals surface area (Å²) in [6, 6.07) is 5.48. The molecule has 1 unspecified atom stereocenters. The van der Waals surface area contributed by atoms with Crippen molar-refractivity contribution in [1.29, 1.82) is 0 Å². The van der Waals surface area contributed by atoms with Crippen molar-refractivity contribution in [2.45, 2.75) is 52.0 Å². The van der Waals surface area contributed by atoms with Gasteiger partial charge in [0.15, 0.2) is 6.61 Å². The Bertz CT molecular complexity index is 761. The molecule has 3 amide bonds. The molecule has 0 N–H and O–H groups in total. The minimum Gasteiger partial charge on any atom is -0.454 e. The van der Waals surface area contributed by atoms with Gasteiger partial charge in [-0.25, -0.2) is 4.79 Å². The average molecular weight is 400 g/mol. The van der Waals surface area contributed by atoms with Crippen LogP contribution in [0.25, 0.3) is 0 Å². The van der Waals surface area contributed by atoms with Crippen LogP contribution in [0.2, 0.25) is 0 Å². The van der Waals surface area contributed by atoms with Crippen LogP contribution in [0.15, 0.2) is 24.3 Å². The monoisotopic (exact) mass is 400 g/mol. The Hall–Kier alpha value is -2.70. The topological polar surface area (TPSA) is 84.0 Å². The van der Waals surface area contributed by atoms with Crippen LogP contribution in [0.4, 0.5) is 0 Å². The minimum atomic E-state index is -1.04. The van der Waals surface area contributed by atoms with Crippen molar-refractivity contribution < 1.29 is 23.9 Å². The maximum absolute atomic E-state index is 12.8. The van der Waals surface area contributed by atoms with Crippen molar-refractivity contribution in [3.63, 3.8) is 0 Å². The first-order valence-corrected chi connectivity index (χ1v) is 10.3. The number of ether oxygens (including phenoxy) is 1. The third-order valence-corrected chi connectivity index (χ3v) is 5.40. The highest BCUT2D eigenvalue weighted by molar-refractivity contribution is 6.22. The number of benzene rings is 1. The van der Waals surface area contributed by atoms with Crippen molar-refractivity contribution in [3.8, 4) is 0 Å². The van der Waals surface area contributed by atoms with E-state index in [-0.39, 0.29) is 24.9 Å². The van der Waals surface area contributed by atoms with Gasteiger partial charge in [0.05, 0.1) is 11.1 Å². The van der Waals surface area contributed by atoms with E-state index in [9.17, 15) is 19.2 Å². The average Bonchev–Trinajstić information content (AvgIpc) is 2.89. The molecular weight excluding hydrogens is 372 g/mol. The van der Waals surface area contributed by atoms with Crippen LogP contribution >= 0.6 is 0 Å². The van der Waals surface area contributed by atoms with Crippen LogP contribution in [-0.4, -0.2) is 59.2 Å². The summed E-state index contributed by atoms with van der Waals surface area (Å²) in [4.78, 5) is 53.5. The fraction of sp³-hybridized carbons (Fsp3) is 0.545. The zero-order chi connectivity index (χ0) is 21.0. The van der Waals surface area contributed by atoms with Crippen LogP contribution in [-0.2, 0) is 14.3 Å². The largest absolute Gasteiger partial charge is 0.454 e. The van der Waals surface area contributed by atoms with Gasteiger partial charge in [-0.15, -0.1) is 0 Å². The normalized spacial score (nSPS) is 17.9. The smallest absolute Gasteiger partial charge is 0.329 e. The van der Waals surface area contributed by atoms with E-state index in [4.69, 9.17) is 4.74 Å². The number of likely N-dealkylation sites (tertiary alicyclic amines) is 1. The van der Waals surface area contributed by atoms with E-state index in [1.807, 2.05) is 13.8 Å². The van der Waals surface area contributed by atoms with Crippen LogP contribution in [0, 0.1) is 5.92 Å². The zero-order valence-electron chi connectivity index (χ0n) is 17.1. The number of nitrogens with zero attached hydrogens (tertiary/aromatic N) is 2. The number of amides is 3. The van der Waals surface area contributed by atoms with Gasteiger partial charge in [-0.05, 0) is 37.3 Å². The van der Waals surface area contributed by atoms with Crippen LogP contribution in [0.3, 0.4) is 0 Å². The van der Waals surface area contributed by atoms with Crippen LogP contribution in [0.5, 0.6) is 0 Å². The summed E-state index contributed by atoms with van der Waals surface area (Å²) in [6.07, 6.45) is 4.37. The molecule has 2 aliphatic heterocycles. The maximum atomic E-state index is 12.8. The lowest BCUT2D eigenvalue weighted by Gasteiger charge is -2.26. The molecule has 7 nitrogen and oxygen atoms in total. The Morgan fingerprint density at radius 3 is 2.03 bits per heavy atom. The number of hydrogen-bond acceptors (Lipinski definition) is 5. The second kappa shape index (κ2) is 9.20. The highest BCUT2D eigenvalue weighted by Gasteiger charge is 2.43. The first-order valence-electron chi connectivity index (χ1n) is 10.3. The quantitative estimate of drug-likeness (QED) is 0.541. The highest BCUT2D eigenvalue weighted by atomic mass is 16.5. The summed E-state index contributed by atoms with van der Waals surface area (Å²) in [7, 11) is 0. The SMILES string of the molecule is CC(C)CC(C(=O)OCC(=O)N1CCCCCC1)N1C(=O)c2ccccc2C1=O. The van der Waals surface area contributed by atoms with Gasteiger partial charge in [0, 0.05) is 13.1 Å². The summed E-state index contributed by atoms with van der Waals surface area (Å²) >= 11 is 0. The first kappa shape index (κ1) is 21.0. The summed E-state index contributed by atoms with van der Waals surface area (Å²) < 4.78 is 5.29. The Kier molecular flexibility index (Phi) is 6.67. The molecule has 1 aromatic rings. The number of hydrogen-bond donors (Lipinski definition) is 0. The molecule has 156 valence electrons. The molecule has 0 bridgehead atoms. The standard InChI is InChI=1S/C22H28N2O5/c1-15(2)13-18(24-20(26)16-9-5-6-10-17(16)21(24)27)22(28)29-14-19(25)23-11-7-3-4-8-12-23/h5-6,9-10,15,18H,3-4,7-8,11-14H2,1-2H3. The molecule has 1 saturated heterocycles. The molecule has 1 atom stereocenters. The molecule has 0 saturated carbocycles. The number of imide groups is 1. The lowest BCUT2D eigenvalue weighted by atomic mass is 10.0. The number of esters is 1. The summed E-state index contributed by atoms with van der Waals surface area (Å²) in [5.74, 6) is -1.88. The van der Waals surface area contributed by atoms with Gasteiger partial charge in [0.2, 0.25) is 0 Å². The van der Waals surface area contributed by atoms with Crippen LogP contribution < -0.4 is 0 Å². The third-order valence-electron chi connectivity index (χ3n) is 5.40. The molecular formula is C22H28N2O5. The Balaban J connectivity index is 1.70. The van der Waals surface area contributed by atoms with Crippen LogP contribution in [0.1, 0.15) is 66.7 Å². The molecule has 1 fully saturated rings. The number of fused-ring (bicyclic) bond motifs is 1. The molecule has 29 heavy (non-hydrogen) atoms. The van der Waals surface area contributed by atoms with Gasteiger partial charge in [0.1, 0.15) is 6.04 Å². The second-order valence-electron chi connectivity index (χ2n) is 8.07. The molecule has 0 aliphatic carbocycles. The predicted octanol–water partition coefficient (Wildman–Crippen LogP) is 2.64. The number of carbonyl (C=O) groups excluding carboxylic acids is 4. The lowest BCUT2D eigenvalue weighted by Crippen LogP contribution is -2.47. The van der Waals surface area contributed by atoms with Gasteiger partial charge < -0.3 is 9.64 Å². The van der Waals surface area contributed by atoms with E-state index in [0.717, 1.165) is 30.6 Å². The van der Waals surface area contributed by atoms with Crippen molar-refractivity contribution in [2.24, 2.45) is 5.92 Å². The molecule has 0 aromatic heterocycles. The van der Waals surface area contributed by atoms with E-state index >= 15 is 0 Å². The van der Waals surface area contributed by atoms with Gasteiger partial charge in [-0.2, -0.15) is 0 Å². The molecule has 7 heteroatoms. The Labute approximate surface area is 171 Å². The summed E-state index contributed by atoms with van der Waals surface area (Å²) in [5, 5.41) is 0. The van der Waals surface area contributed by atoms with E-state index in [2.05, 4.69) is 0 Å². The summed E-state index contributed by atoms with van der Waals surface area (Å²) in [6.45, 7) is 4.78. The minimum absolute atomic E-state index is 0.0539. The fourth-order valence-corrected chi connectivity index (χ4v) is 3.88.